The molecule has 3 rings (SSSR count). The first-order chi connectivity index (χ1) is 12.6. The van der Waals surface area contributed by atoms with Gasteiger partial charge in [-0.1, -0.05) is 11.6 Å². The Balaban J connectivity index is 1.88. The first kappa shape index (κ1) is 18.9. The van der Waals surface area contributed by atoms with E-state index in [0.29, 0.717) is 35.2 Å². The van der Waals surface area contributed by atoms with Gasteiger partial charge in [0.05, 0.1) is 37.3 Å². The van der Waals surface area contributed by atoms with Gasteiger partial charge in [0.15, 0.2) is 0 Å². The maximum absolute atomic E-state index is 12.9. The minimum atomic E-state index is -0.230. The number of carbonyl (C=O) groups excluding carboxylic acids is 1. The van der Waals surface area contributed by atoms with Crippen LogP contribution >= 0.6 is 23.4 Å². The van der Waals surface area contributed by atoms with Crippen LogP contribution in [0.25, 0.3) is 0 Å². The summed E-state index contributed by atoms with van der Waals surface area (Å²) < 4.78 is 10.8. The number of benzene rings is 2. The van der Waals surface area contributed by atoms with Crippen molar-refractivity contribution in [2.75, 3.05) is 49.9 Å². The summed E-state index contributed by atoms with van der Waals surface area (Å²) in [6.45, 7) is 2.88. The normalized spacial score (nSPS) is 14.2. The molecule has 0 aromatic heterocycles. The van der Waals surface area contributed by atoms with E-state index in [1.165, 1.54) is 0 Å². The smallest absolute Gasteiger partial charge is 0.259 e. The third-order valence-corrected chi connectivity index (χ3v) is 5.17. The van der Waals surface area contributed by atoms with Crippen LogP contribution in [0, 0.1) is 0 Å². The van der Waals surface area contributed by atoms with E-state index >= 15 is 0 Å². The van der Waals surface area contributed by atoms with E-state index in [2.05, 4.69) is 10.2 Å². The minimum Gasteiger partial charge on any atom is -0.496 e. The number of carbonyl (C=O) groups is 1. The second-order valence-corrected chi connectivity index (χ2v) is 7.10. The van der Waals surface area contributed by atoms with Crippen molar-refractivity contribution >= 4 is 40.6 Å². The largest absolute Gasteiger partial charge is 0.496 e. The van der Waals surface area contributed by atoms with E-state index in [-0.39, 0.29) is 5.91 Å². The highest BCUT2D eigenvalue weighted by Crippen LogP contribution is 2.32. The highest BCUT2D eigenvalue weighted by atomic mass is 35.5. The second kappa shape index (κ2) is 8.66. The molecule has 0 unspecified atom stereocenters. The lowest BCUT2D eigenvalue weighted by Crippen LogP contribution is -2.36. The molecule has 7 heteroatoms. The molecule has 1 amide bonds. The van der Waals surface area contributed by atoms with Crippen molar-refractivity contribution < 1.29 is 14.3 Å². The van der Waals surface area contributed by atoms with Crippen LogP contribution in [0.4, 0.5) is 11.4 Å². The van der Waals surface area contributed by atoms with Gasteiger partial charge in [0.1, 0.15) is 5.75 Å². The predicted molar refractivity (Wildman–Crippen MR) is 107 cm³/mol. The summed E-state index contributed by atoms with van der Waals surface area (Å²) in [6, 6.07) is 11.1. The van der Waals surface area contributed by atoms with Crippen LogP contribution in [-0.4, -0.2) is 45.6 Å². The number of hydrogen-bond acceptors (Lipinski definition) is 5. The number of halogens is 1. The van der Waals surface area contributed by atoms with E-state index in [1.807, 2.05) is 30.5 Å². The number of ether oxygens (including phenoxy) is 2. The standard InChI is InChI=1S/C19H21ClN2O3S/c1-24-18-12-14(26-2)4-5-15(18)19(23)21-16-11-13(20)3-6-17(16)22-7-9-25-10-8-22/h3-6,11-12H,7-10H2,1-2H3,(H,21,23). The topological polar surface area (TPSA) is 50.8 Å². The number of morpholine rings is 1. The zero-order valence-corrected chi connectivity index (χ0v) is 16.3. The van der Waals surface area contributed by atoms with Crippen molar-refractivity contribution in [2.45, 2.75) is 4.90 Å². The van der Waals surface area contributed by atoms with Crippen LogP contribution in [0.5, 0.6) is 5.75 Å². The molecule has 1 N–H and O–H groups in total. The van der Waals surface area contributed by atoms with Gasteiger partial charge < -0.3 is 19.7 Å². The lowest BCUT2D eigenvalue weighted by Gasteiger charge is -2.30. The first-order valence-corrected chi connectivity index (χ1v) is 9.88. The van der Waals surface area contributed by atoms with Crippen molar-refractivity contribution in [3.63, 3.8) is 0 Å². The summed E-state index contributed by atoms with van der Waals surface area (Å²) in [4.78, 5) is 16.1. The summed E-state index contributed by atoms with van der Waals surface area (Å²) in [5.74, 6) is 0.315. The van der Waals surface area contributed by atoms with Crippen molar-refractivity contribution in [3.8, 4) is 5.75 Å². The number of nitrogens with one attached hydrogen (secondary N) is 1. The molecule has 0 bridgehead atoms. The van der Waals surface area contributed by atoms with Gasteiger partial charge >= 0.3 is 0 Å². The molecule has 1 saturated heterocycles. The summed E-state index contributed by atoms with van der Waals surface area (Å²) in [5, 5.41) is 3.56. The van der Waals surface area contributed by atoms with Crippen LogP contribution in [-0.2, 0) is 4.74 Å². The molecule has 0 radical (unpaired) electrons. The molecule has 26 heavy (non-hydrogen) atoms. The molecule has 1 fully saturated rings. The molecule has 0 saturated carbocycles. The van der Waals surface area contributed by atoms with Gasteiger partial charge in [0.25, 0.3) is 5.91 Å². The van der Waals surface area contributed by atoms with E-state index in [4.69, 9.17) is 21.1 Å². The van der Waals surface area contributed by atoms with Crippen molar-refractivity contribution in [3.05, 3.63) is 47.0 Å². The Labute approximate surface area is 162 Å². The Morgan fingerprint density at radius 2 is 2.00 bits per heavy atom. The molecule has 0 atom stereocenters. The van der Waals surface area contributed by atoms with Gasteiger partial charge in [-0.2, -0.15) is 0 Å². The maximum atomic E-state index is 12.9. The predicted octanol–water partition coefficient (Wildman–Crippen LogP) is 4.16. The molecule has 1 aliphatic rings. The van der Waals surface area contributed by atoms with Crippen LogP contribution in [0.3, 0.4) is 0 Å². The molecular formula is C19H21ClN2O3S. The quantitative estimate of drug-likeness (QED) is 0.774. The van der Waals surface area contributed by atoms with Gasteiger partial charge in [-0.15, -0.1) is 11.8 Å². The van der Waals surface area contributed by atoms with Crippen molar-refractivity contribution in [2.24, 2.45) is 0 Å². The Kier molecular flexibility index (Phi) is 6.29. The third-order valence-electron chi connectivity index (χ3n) is 4.21. The summed E-state index contributed by atoms with van der Waals surface area (Å²) in [5.41, 5.74) is 2.10. The SMILES string of the molecule is COc1cc(SC)ccc1C(=O)Nc1cc(Cl)ccc1N1CCOCC1. The first-order valence-electron chi connectivity index (χ1n) is 8.28. The third kappa shape index (κ3) is 4.26. The lowest BCUT2D eigenvalue weighted by atomic mass is 10.1. The van der Waals surface area contributed by atoms with E-state index in [1.54, 1.807) is 31.0 Å². The van der Waals surface area contributed by atoms with Crippen molar-refractivity contribution in [1.29, 1.82) is 0 Å². The number of hydrogen-bond donors (Lipinski definition) is 1. The lowest BCUT2D eigenvalue weighted by molar-refractivity contribution is 0.102. The number of anilines is 2. The van der Waals surface area contributed by atoms with Gasteiger partial charge in [0.2, 0.25) is 0 Å². The van der Waals surface area contributed by atoms with Crippen LogP contribution in [0.15, 0.2) is 41.3 Å². The van der Waals surface area contributed by atoms with Gasteiger partial charge in [-0.05, 0) is 42.7 Å². The Hall–Kier alpha value is -1.89. The maximum Gasteiger partial charge on any atom is 0.259 e. The molecule has 138 valence electrons. The fourth-order valence-corrected chi connectivity index (χ4v) is 3.47. The number of nitrogens with zero attached hydrogens (tertiary/aromatic N) is 1. The number of thioether (sulfide) groups is 1. The van der Waals surface area contributed by atoms with E-state index in [9.17, 15) is 4.79 Å². The Bertz CT molecular complexity index is 794. The average molecular weight is 393 g/mol. The zero-order valence-electron chi connectivity index (χ0n) is 14.8. The highest BCUT2D eigenvalue weighted by molar-refractivity contribution is 7.98. The summed E-state index contributed by atoms with van der Waals surface area (Å²) in [7, 11) is 1.56. The van der Waals surface area contributed by atoms with Gasteiger partial charge in [0, 0.05) is 23.0 Å². The Morgan fingerprint density at radius 1 is 1.23 bits per heavy atom. The molecular weight excluding hydrogens is 372 g/mol. The van der Waals surface area contributed by atoms with E-state index in [0.717, 1.165) is 23.7 Å². The number of amides is 1. The van der Waals surface area contributed by atoms with Crippen LogP contribution < -0.4 is 15.0 Å². The van der Waals surface area contributed by atoms with Crippen LogP contribution in [0.2, 0.25) is 5.02 Å². The second-order valence-electron chi connectivity index (χ2n) is 5.78. The Morgan fingerprint density at radius 3 is 2.69 bits per heavy atom. The highest BCUT2D eigenvalue weighted by Gasteiger charge is 2.19. The fraction of sp³-hybridized carbons (Fsp3) is 0.316. The molecule has 0 aliphatic carbocycles. The zero-order chi connectivity index (χ0) is 18.5. The molecule has 5 nitrogen and oxygen atoms in total. The molecule has 1 aliphatic heterocycles. The fourth-order valence-electron chi connectivity index (χ4n) is 2.86. The number of rotatable bonds is 5. The summed E-state index contributed by atoms with van der Waals surface area (Å²) in [6.07, 6.45) is 1.98. The average Bonchev–Trinajstić information content (AvgIpc) is 2.68. The van der Waals surface area contributed by atoms with E-state index < -0.39 is 0 Å². The molecule has 2 aromatic rings. The van der Waals surface area contributed by atoms with Crippen LogP contribution in [0.1, 0.15) is 10.4 Å². The van der Waals surface area contributed by atoms with Gasteiger partial charge in [-0.3, -0.25) is 4.79 Å². The monoisotopic (exact) mass is 392 g/mol. The minimum absolute atomic E-state index is 0.230. The van der Waals surface area contributed by atoms with Crippen molar-refractivity contribution in [1.82, 2.24) is 0 Å². The molecule has 2 aromatic carbocycles. The molecule has 0 spiro atoms. The number of methoxy groups -OCH3 is 1. The van der Waals surface area contributed by atoms with Gasteiger partial charge in [-0.25, -0.2) is 0 Å². The summed E-state index contributed by atoms with van der Waals surface area (Å²) >= 11 is 7.76. The molecule has 1 heterocycles.